The molecule has 0 aliphatic carbocycles. The minimum absolute atomic E-state index is 0.129. The Hall–Kier alpha value is -2.27. The van der Waals surface area contributed by atoms with Gasteiger partial charge in [0.05, 0.1) is 0 Å². The first-order valence-corrected chi connectivity index (χ1v) is 9.10. The van der Waals surface area contributed by atoms with E-state index in [1.165, 1.54) is 24.8 Å². The number of hydrogen-bond acceptors (Lipinski definition) is 4. The molecule has 2 aromatic heterocycles. The van der Waals surface area contributed by atoms with Gasteiger partial charge in [0.1, 0.15) is 0 Å². The quantitative estimate of drug-likeness (QED) is 0.865. The number of aromatic nitrogens is 2. The fourth-order valence-corrected chi connectivity index (χ4v) is 4.37. The number of carbonyl (C=O) groups is 1. The van der Waals surface area contributed by atoms with Gasteiger partial charge in [0, 0.05) is 55.5 Å². The molecule has 1 unspecified atom stereocenters. The first-order chi connectivity index (χ1) is 12.3. The lowest BCUT2D eigenvalue weighted by molar-refractivity contribution is 0.0296. The first kappa shape index (κ1) is 16.2. The minimum atomic E-state index is 0.129. The molecule has 0 bridgehead atoms. The van der Waals surface area contributed by atoms with E-state index in [-0.39, 0.29) is 11.4 Å². The lowest BCUT2D eigenvalue weighted by Crippen LogP contribution is -2.56. The maximum absolute atomic E-state index is 12.9. The summed E-state index contributed by atoms with van der Waals surface area (Å²) in [5.74, 6) is 0.136. The van der Waals surface area contributed by atoms with Gasteiger partial charge in [-0.3, -0.25) is 19.7 Å². The highest BCUT2D eigenvalue weighted by Crippen LogP contribution is 2.38. The number of amides is 1. The van der Waals surface area contributed by atoms with E-state index in [4.69, 9.17) is 0 Å². The Balaban J connectivity index is 1.51. The van der Waals surface area contributed by atoms with Gasteiger partial charge in [-0.05, 0) is 62.1 Å². The van der Waals surface area contributed by atoms with E-state index in [1.807, 2.05) is 29.4 Å². The third-order valence-corrected chi connectivity index (χ3v) is 5.63. The van der Waals surface area contributed by atoms with Gasteiger partial charge in [0.25, 0.3) is 5.91 Å². The molecule has 0 aromatic carbocycles. The SMILES string of the molecule is O=C(c1ccncc1)N1CCCC2(CCCN2Cc2ccncc2)C1. The van der Waals surface area contributed by atoms with E-state index >= 15 is 0 Å². The number of hydrogen-bond donors (Lipinski definition) is 0. The molecule has 25 heavy (non-hydrogen) atoms. The Morgan fingerprint density at radius 2 is 1.60 bits per heavy atom. The summed E-state index contributed by atoms with van der Waals surface area (Å²) in [7, 11) is 0. The van der Waals surface area contributed by atoms with Gasteiger partial charge >= 0.3 is 0 Å². The van der Waals surface area contributed by atoms with Crippen LogP contribution in [0.15, 0.2) is 49.1 Å². The van der Waals surface area contributed by atoms with E-state index in [2.05, 4.69) is 27.0 Å². The summed E-state index contributed by atoms with van der Waals surface area (Å²) in [4.78, 5) is 25.6. The van der Waals surface area contributed by atoms with Gasteiger partial charge < -0.3 is 4.90 Å². The van der Waals surface area contributed by atoms with Crippen LogP contribution in [0.3, 0.4) is 0 Å². The predicted octanol–water partition coefficient (Wildman–Crippen LogP) is 2.75. The molecule has 0 N–H and O–H groups in total. The number of pyridine rings is 2. The molecule has 2 fully saturated rings. The number of carbonyl (C=O) groups excluding carboxylic acids is 1. The second-order valence-corrected chi connectivity index (χ2v) is 7.17. The predicted molar refractivity (Wildman–Crippen MR) is 96.0 cm³/mol. The van der Waals surface area contributed by atoms with Crippen LogP contribution in [0.2, 0.25) is 0 Å². The van der Waals surface area contributed by atoms with Crippen molar-refractivity contribution in [1.29, 1.82) is 0 Å². The molecule has 1 amide bonds. The number of rotatable bonds is 3. The van der Waals surface area contributed by atoms with Crippen LogP contribution in [0.4, 0.5) is 0 Å². The van der Waals surface area contributed by atoms with Gasteiger partial charge in [0.15, 0.2) is 0 Å². The van der Waals surface area contributed by atoms with Crippen LogP contribution in [0.5, 0.6) is 0 Å². The zero-order valence-electron chi connectivity index (χ0n) is 14.5. The fourth-order valence-electron chi connectivity index (χ4n) is 4.37. The van der Waals surface area contributed by atoms with Crippen LogP contribution in [0.1, 0.15) is 41.6 Å². The first-order valence-electron chi connectivity index (χ1n) is 9.10. The van der Waals surface area contributed by atoms with Gasteiger partial charge in [-0.25, -0.2) is 0 Å². The molecular formula is C20H24N4O. The maximum Gasteiger partial charge on any atom is 0.254 e. The van der Waals surface area contributed by atoms with Crippen molar-refractivity contribution in [3.63, 3.8) is 0 Å². The van der Waals surface area contributed by atoms with Gasteiger partial charge in [-0.1, -0.05) is 0 Å². The third kappa shape index (κ3) is 3.29. The Bertz CT molecular complexity index is 721. The van der Waals surface area contributed by atoms with E-state index in [9.17, 15) is 4.79 Å². The van der Waals surface area contributed by atoms with Crippen LogP contribution in [0.25, 0.3) is 0 Å². The Morgan fingerprint density at radius 3 is 2.32 bits per heavy atom. The average Bonchev–Trinajstić information content (AvgIpc) is 3.04. The molecule has 4 heterocycles. The Labute approximate surface area is 148 Å². The molecule has 5 heteroatoms. The lowest BCUT2D eigenvalue weighted by atomic mass is 9.86. The summed E-state index contributed by atoms with van der Waals surface area (Å²) in [5, 5.41) is 0. The summed E-state index contributed by atoms with van der Waals surface area (Å²) in [6.07, 6.45) is 11.7. The van der Waals surface area contributed by atoms with Crippen LogP contribution in [-0.4, -0.2) is 50.8 Å². The van der Waals surface area contributed by atoms with Crippen molar-refractivity contribution in [3.05, 3.63) is 60.2 Å². The topological polar surface area (TPSA) is 49.3 Å². The molecule has 2 saturated heterocycles. The molecule has 130 valence electrons. The van der Waals surface area contributed by atoms with Crippen LogP contribution in [-0.2, 0) is 6.54 Å². The summed E-state index contributed by atoms with van der Waals surface area (Å²) >= 11 is 0. The highest BCUT2D eigenvalue weighted by molar-refractivity contribution is 5.94. The number of likely N-dealkylation sites (tertiary alicyclic amines) is 2. The molecule has 1 spiro atoms. The molecule has 1 atom stereocenters. The summed E-state index contributed by atoms with van der Waals surface area (Å²) < 4.78 is 0. The summed E-state index contributed by atoms with van der Waals surface area (Å²) in [6, 6.07) is 7.81. The third-order valence-electron chi connectivity index (χ3n) is 5.63. The molecular weight excluding hydrogens is 312 g/mol. The van der Waals surface area contributed by atoms with Crippen LogP contribution < -0.4 is 0 Å². The molecule has 5 nitrogen and oxygen atoms in total. The number of piperidine rings is 1. The fraction of sp³-hybridized carbons (Fsp3) is 0.450. The van der Waals surface area contributed by atoms with Crippen molar-refractivity contribution in [1.82, 2.24) is 19.8 Å². The largest absolute Gasteiger partial charge is 0.337 e. The maximum atomic E-state index is 12.9. The van der Waals surface area contributed by atoms with Crippen LogP contribution in [0, 0.1) is 0 Å². The van der Waals surface area contributed by atoms with Crippen molar-refractivity contribution in [2.75, 3.05) is 19.6 Å². The molecule has 0 saturated carbocycles. The van der Waals surface area contributed by atoms with Crippen molar-refractivity contribution >= 4 is 5.91 Å². The summed E-state index contributed by atoms with van der Waals surface area (Å²) in [6.45, 7) is 3.74. The highest BCUT2D eigenvalue weighted by atomic mass is 16.2. The van der Waals surface area contributed by atoms with Crippen molar-refractivity contribution < 1.29 is 4.79 Å². The van der Waals surface area contributed by atoms with E-state index in [0.29, 0.717) is 0 Å². The van der Waals surface area contributed by atoms with E-state index in [0.717, 1.165) is 38.2 Å². The monoisotopic (exact) mass is 336 g/mol. The van der Waals surface area contributed by atoms with E-state index < -0.39 is 0 Å². The zero-order valence-corrected chi connectivity index (χ0v) is 14.5. The van der Waals surface area contributed by atoms with Crippen LogP contribution >= 0.6 is 0 Å². The van der Waals surface area contributed by atoms with Crippen molar-refractivity contribution in [2.24, 2.45) is 0 Å². The average molecular weight is 336 g/mol. The van der Waals surface area contributed by atoms with Gasteiger partial charge in [-0.15, -0.1) is 0 Å². The molecule has 0 radical (unpaired) electrons. The smallest absolute Gasteiger partial charge is 0.254 e. The standard InChI is InChI=1S/C20H24N4O/c25-19(18-5-11-22-12-6-18)23-13-1-7-20(16-23)8-2-14-24(20)15-17-3-9-21-10-4-17/h3-6,9-12H,1-2,7-8,13-16H2. The Kier molecular flexibility index (Phi) is 4.49. The van der Waals surface area contributed by atoms with E-state index in [1.54, 1.807) is 12.4 Å². The molecule has 2 aromatic rings. The summed E-state index contributed by atoms with van der Waals surface area (Å²) in [5.41, 5.74) is 2.17. The zero-order chi connectivity index (χ0) is 17.1. The normalized spacial score (nSPS) is 23.9. The molecule has 2 aliphatic heterocycles. The van der Waals surface area contributed by atoms with Crippen molar-refractivity contribution in [2.45, 2.75) is 37.8 Å². The highest BCUT2D eigenvalue weighted by Gasteiger charge is 2.44. The second kappa shape index (κ2) is 6.92. The number of nitrogens with zero attached hydrogens (tertiary/aromatic N) is 4. The molecule has 4 rings (SSSR count). The Morgan fingerprint density at radius 1 is 0.960 bits per heavy atom. The lowest BCUT2D eigenvalue weighted by Gasteiger charge is -2.46. The second-order valence-electron chi connectivity index (χ2n) is 7.17. The van der Waals surface area contributed by atoms with Gasteiger partial charge in [0.2, 0.25) is 0 Å². The van der Waals surface area contributed by atoms with Gasteiger partial charge in [-0.2, -0.15) is 0 Å². The van der Waals surface area contributed by atoms with Crippen molar-refractivity contribution in [3.8, 4) is 0 Å². The molecule has 2 aliphatic rings. The minimum Gasteiger partial charge on any atom is -0.337 e.